The molecule has 0 radical (unpaired) electrons. The van der Waals surface area contributed by atoms with Crippen LogP contribution in [0, 0.1) is 5.41 Å². The van der Waals surface area contributed by atoms with E-state index in [0.717, 1.165) is 0 Å². The Bertz CT molecular complexity index is 531. The Morgan fingerprint density at radius 2 is 1.86 bits per heavy atom. The smallest absolute Gasteiger partial charge is 0.288 e. The Morgan fingerprint density at radius 1 is 1.23 bits per heavy atom. The van der Waals surface area contributed by atoms with Gasteiger partial charge in [0.1, 0.15) is 0 Å². The maximum absolute atomic E-state index is 12.4. The summed E-state index contributed by atoms with van der Waals surface area (Å²) in [5.74, 6) is -3.03. The number of carbonyl (C=O) groups is 2. The normalized spacial score (nSPS) is 11.4. The Labute approximate surface area is 133 Å². The van der Waals surface area contributed by atoms with Gasteiger partial charge in [-0.05, 0) is 12.1 Å². The number of amides is 2. The van der Waals surface area contributed by atoms with Crippen LogP contribution in [0.5, 0.6) is 0 Å². The Kier molecular flexibility index (Phi) is 6.80. The number of para-hydroxylation sites is 1. The van der Waals surface area contributed by atoms with Crippen molar-refractivity contribution in [1.29, 1.82) is 0 Å². The molecule has 0 aliphatic heterocycles. The van der Waals surface area contributed by atoms with E-state index in [2.05, 4.69) is 10.6 Å². The van der Waals surface area contributed by atoms with Gasteiger partial charge in [0.25, 0.3) is 5.76 Å². The van der Waals surface area contributed by atoms with Crippen LogP contribution in [0.15, 0.2) is 29.2 Å². The number of carbonyl (C=O) groups excluding carboxylic acids is 2. The molecule has 0 saturated heterocycles. The molecule has 1 aromatic rings. The second-order valence-corrected chi connectivity index (χ2v) is 6.71. The van der Waals surface area contributed by atoms with Crippen molar-refractivity contribution >= 4 is 29.3 Å². The highest BCUT2D eigenvalue weighted by Crippen LogP contribution is 2.31. The van der Waals surface area contributed by atoms with Crippen molar-refractivity contribution in [2.45, 2.75) is 37.8 Å². The van der Waals surface area contributed by atoms with Crippen LogP contribution in [0.2, 0.25) is 0 Å². The van der Waals surface area contributed by atoms with Gasteiger partial charge in [0.2, 0.25) is 11.8 Å². The quantitative estimate of drug-likeness (QED) is 0.785. The zero-order valence-electron chi connectivity index (χ0n) is 12.8. The molecule has 4 nitrogen and oxygen atoms in total. The third kappa shape index (κ3) is 6.43. The summed E-state index contributed by atoms with van der Waals surface area (Å²) >= 11 is 0.381. The van der Waals surface area contributed by atoms with Crippen LogP contribution in [0.3, 0.4) is 0 Å². The first kappa shape index (κ1) is 18.4. The minimum absolute atomic E-state index is 0.0789. The average molecular weight is 330 g/mol. The zero-order valence-corrected chi connectivity index (χ0v) is 13.6. The van der Waals surface area contributed by atoms with Gasteiger partial charge in [-0.1, -0.05) is 44.7 Å². The molecule has 122 valence electrons. The van der Waals surface area contributed by atoms with Crippen LogP contribution in [0.4, 0.5) is 14.5 Å². The van der Waals surface area contributed by atoms with Crippen molar-refractivity contribution in [3.8, 4) is 0 Å². The van der Waals surface area contributed by atoms with Crippen LogP contribution in [0.25, 0.3) is 0 Å². The molecule has 0 aliphatic carbocycles. The van der Waals surface area contributed by atoms with Crippen molar-refractivity contribution < 1.29 is 18.4 Å². The molecule has 2 N–H and O–H groups in total. The Hall–Kier alpha value is -1.63. The second kappa shape index (κ2) is 8.12. The summed E-state index contributed by atoms with van der Waals surface area (Å²) in [6.07, 6.45) is 0.0789. The van der Waals surface area contributed by atoms with Gasteiger partial charge < -0.3 is 10.6 Å². The first-order valence-corrected chi connectivity index (χ1v) is 7.70. The summed E-state index contributed by atoms with van der Waals surface area (Å²) in [5, 5.41) is 5.25. The molecule has 1 aromatic carbocycles. The lowest BCUT2D eigenvalue weighted by Gasteiger charge is -2.17. The fraction of sp³-hybridized carbons (Fsp3) is 0.467. The monoisotopic (exact) mass is 330 g/mol. The number of halogens is 2. The number of thioether (sulfide) groups is 1. The van der Waals surface area contributed by atoms with Crippen molar-refractivity contribution in [3.63, 3.8) is 0 Å². The number of benzene rings is 1. The molecule has 0 atom stereocenters. The van der Waals surface area contributed by atoms with E-state index in [1.165, 1.54) is 6.07 Å². The van der Waals surface area contributed by atoms with Gasteiger partial charge in [-0.2, -0.15) is 8.78 Å². The number of rotatable bonds is 6. The fourth-order valence-electron chi connectivity index (χ4n) is 1.54. The summed E-state index contributed by atoms with van der Waals surface area (Å²) in [5.41, 5.74) is -0.170. The van der Waals surface area contributed by atoms with Gasteiger partial charge in [-0.15, -0.1) is 0 Å². The summed E-state index contributed by atoms with van der Waals surface area (Å²) in [6.45, 7) is 5.53. The minimum atomic E-state index is -2.55. The van der Waals surface area contributed by atoms with E-state index in [4.69, 9.17) is 0 Å². The molecule has 0 bridgehead atoms. The summed E-state index contributed by atoms with van der Waals surface area (Å²) in [7, 11) is 0. The maximum atomic E-state index is 12.4. The van der Waals surface area contributed by atoms with E-state index in [1.807, 2.05) is 0 Å². The van der Waals surface area contributed by atoms with E-state index < -0.39 is 11.2 Å². The van der Waals surface area contributed by atoms with Gasteiger partial charge in [0.15, 0.2) is 0 Å². The SMILES string of the molecule is CC(C)(C)C(=O)NCCC(=O)Nc1ccccc1SC(F)F. The molecule has 0 aromatic heterocycles. The third-order valence-corrected chi connectivity index (χ3v) is 3.48. The van der Waals surface area contributed by atoms with Gasteiger partial charge in [0.05, 0.1) is 5.69 Å². The summed E-state index contributed by atoms with van der Waals surface area (Å²) < 4.78 is 24.9. The summed E-state index contributed by atoms with van der Waals surface area (Å²) in [6, 6.07) is 6.38. The van der Waals surface area contributed by atoms with Crippen LogP contribution < -0.4 is 10.6 Å². The van der Waals surface area contributed by atoms with E-state index in [-0.39, 0.29) is 24.8 Å². The minimum Gasteiger partial charge on any atom is -0.355 e. The topological polar surface area (TPSA) is 58.2 Å². The fourth-order valence-corrected chi connectivity index (χ4v) is 2.13. The molecule has 1 rings (SSSR count). The van der Waals surface area contributed by atoms with Crippen molar-refractivity contribution in [3.05, 3.63) is 24.3 Å². The van der Waals surface area contributed by atoms with Crippen molar-refractivity contribution in [1.82, 2.24) is 5.32 Å². The molecule has 0 unspecified atom stereocenters. The molecule has 0 fully saturated rings. The highest BCUT2D eigenvalue weighted by Gasteiger charge is 2.20. The Morgan fingerprint density at radius 3 is 2.45 bits per heavy atom. The van der Waals surface area contributed by atoms with E-state index in [0.29, 0.717) is 22.3 Å². The van der Waals surface area contributed by atoms with Gasteiger partial charge >= 0.3 is 0 Å². The molecule has 0 saturated carbocycles. The molecular formula is C15H20F2N2O2S. The van der Waals surface area contributed by atoms with Crippen LogP contribution in [-0.2, 0) is 9.59 Å². The molecule has 2 amide bonds. The predicted octanol–water partition coefficient (Wildman–Crippen LogP) is 3.49. The standard InChI is InChI=1S/C15H20F2N2O2S/c1-15(2,3)13(21)18-9-8-12(20)19-10-6-4-5-7-11(10)22-14(16)17/h4-7,14H,8-9H2,1-3H3,(H,18,21)(H,19,20). The van der Waals surface area contributed by atoms with Gasteiger partial charge in [-0.25, -0.2) is 0 Å². The molecule has 0 heterocycles. The van der Waals surface area contributed by atoms with Crippen LogP contribution >= 0.6 is 11.8 Å². The maximum Gasteiger partial charge on any atom is 0.288 e. The van der Waals surface area contributed by atoms with Gasteiger partial charge in [-0.3, -0.25) is 9.59 Å². The predicted molar refractivity (Wildman–Crippen MR) is 84.0 cm³/mol. The lowest BCUT2D eigenvalue weighted by molar-refractivity contribution is -0.128. The number of nitrogens with one attached hydrogen (secondary N) is 2. The van der Waals surface area contributed by atoms with E-state index in [9.17, 15) is 18.4 Å². The molecule has 22 heavy (non-hydrogen) atoms. The molecule has 7 heteroatoms. The first-order chi connectivity index (χ1) is 10.2. The van der Waals surface area contributed by atoms with Crippen molar-refractivity contribution in [2.75, 3.05) is 11.9 Å². The lowest BCUT2D eigenvalue weighted by atomic mass is 9.96. The third-order valence-electron chi connectivity index (χ3n) is 2.70. The van der Waals surface area contributed by atoms with E-state index >= 15 is 0 Å². The molecule has 0 aliphatic rings. The largest absolute Gasteiger partial charge is 0.355 e. The highest BCUT2D eigenvalue weighted by molar-refractivity contribution is 7.99. The number of alkyl halides is 2. The molecule has 0 spiro atoms. The number of hydrogen-bond donors (Lipinski definition) is 2. The second-order valence-electron chi connectivity index (χ2n) is 5.68. The number of anilines is 1. The highest BCUT2D eigenvalue weighted by atomic mass is 32.2. The Balaban J connectivity index is 2.51. The van der Waals surface area contributed by atoms with Crippen LogP contribution in [0.1, 0.15) is 27.2 Å². The lowest BCUT2D eigenvalue weighted by Crippen LogP contribution is -2.36. The zero-order chi connectivity index (χ0) is 16.8. The van der Waals surface area contributed by atoms with Crippen LogP contribution in [-0.4, -0.2) is 24.1 Å². The average Bonchev–Trinajstić information content (AvgIpc) is 2.39. The van der Waals surface area contributed by atoms with Gasteiger partial charge in [0, 0.05) is 23.3 Å². The number of hydrogen-bond acceptors (Lipinski definition) is 3. The van der Waals surface area contributed by atoms with Crippen molar-refractivity contribution in [2.24, 2.45) is 5.41 Å². The van der Waals surface area contributed by atoms with E-state index in [1.54, 1.807) is 39.0 Å². The molecular weight excluding hydrogens is 310 g/mol. The summed E-state index contributed by atoms with van der Waals surface area (Å²) in [4.78, 5) is 23.8. The first-order valence-electron chi connectivity index (χ1n) is 6.82.